The van der Waals surface area contributed by atoms with Gasteiger partial charge in [0.05, 0.1) is 29.3 Å². The van der Waals surface area contributed by atoms with Gasteiger partial charge in [-0.3, -0.25) is 14.6 Å². The Morgan fingerprint density at radius 2 is 1.57 bits per heavy atom. The van der Waals surface area contributed by atoms with Crippen LogP contribution in [0.3, 0.4) is 0 Å². The van der Waals surface area contributed by atoms with Crippen LogP contribution in [0.4, 0.5) is 0 Å². The van der Waals surface area contributed by atoms with Crippen LogP contribution >= 0.6 is 0 Å². The van der Waals surface area contributed by atoms with E-state index >= 15 is 0 Å². The summed E-state index contributed by atoms with van der Waals surface area (Å²) in [6, 6.07) is 29.2. The molecule has 1 fully saturated rings. The molecule has 7 nitrogen and oxygen atoms in total. The molecule has 0 radical (unpaired) electrons. The second-order valence-corrected chi connectivity index (χ2v) is 13.6. The summed E-state index contributed by atoms with van der Waals surface area (Å²) in [7, 11) is 1.75. The predicted molar refractivity (Wildman–Crippen MR) is 183 cm³/mol. The Bertz CT molecular complexity index is 1630. The molecule has 1 aromatic heterocycles. The molecule has 3 aromatic carbocycles. The Labute approximate surface area is 273 Å². The van der Waals surface area contributed by atoms with Gasteiger partial charge in [-0.05, 0) is 59.9 Å². The highest BCUT2D eigenvalue weighted by atomic mass is 16.3. The van der Waals surface area contributed by atoms with Crippen molar-refractivity contribution < 1.29 is 14.7 Å². The molecule has 0 unspecified atom stereocenters. The minimum Gasteiger partial charge on any atom is -0.390 e. The van der Waals surface area contributed by atoms with E-state index in [4.69, 9.17) is 0 Å². The number of pyridine rings is 1. The Balaban J connectivity index is 1.30. The van der Waals surface area contributed by atoms with Crippen molar-refractivity contribution >= 4 is 11.8 Å². The van der Waals surface area contributed by atoms with E-state index in [0.29, 0.717) is 18.5 Å². The van der Waals surface area contributed by atoms with Crippen molar-refractivity contribution in [3.8, 4) is 0 Å². The van der Waals surface area contributed by atoms with Crippen molar-refractivity contribution in [1.29, 1.82) is 0 Å². The van der Waals surface area contributed by atoms with Gasteiger partial charge in [0, 0.05) is 31.5 Å². The van der Waals surface area contributed by atoms with E-state index in [1.807, 2.05) is 67.6 Å². The van der Waals surface area contributed by atoms with Crippen LogP contribution in [0.25, 0.3) is 0 Å². The van der Waals surface area contributed by atoms with Gasteiger partial charge in [0.2, 0.25) is 0 Å². The highest BCUT2D eigenvalue weighted by molar-refractivity contribution is 5.99. The van der Waals surface area contributed by atoms with E-state index in [9.17, 15) is 14.7 Å². The van der Waals surface area contributed by atoms with E-state index in [0.717, 1.165) is 24.0 Å². The number of aliphatic hydroxyl groups is 1. The number of rotatable bonds is 12. The number of nitrogens with one attached hydrogen (secondary N) is 2. The van der Waals surface area contributed by atoms with Crippen molar-refractivity contribution in [3.63, 3.8) is 0 Å². The van der Waals surface area contributed by atoms with Gasteiger partial charge in [0.1, 0.15) is 0 Å². The molecule has 3 N–H and O–H groups in total. The van der Waals surface area contributed by atoms with Gasteiger partial charge in [-0.1, -0.05) is 106 Å². The van der Waals surface area contributed by atoms with Crippen LogP contribution in [-0.4, -0.2) is 52.5 Å². The number of carbonyl (C=O) groups is 2. The first-order chi connectivity index (χ1) is 22.0. The molecule has 1 aliphatic rings. The Hall–Kier alpha value is -4.33. The van der Waals surface area contributed by atoms with E-state index < -0.39 is 12.1 Å². The topological polar surface area (TPSA) is 94.6 Å². The van der Waals surface area contributed by atoms with Gasteiger partial charge in [-0.15, -0.1) is 0 Å². The zero-order valence-electron chi connectivity index (χ0n) is 27.5. The highest BCUT2D eigenvalue weighted by Gasteiger charge is 2.44. The van der Waals surface area contributed by atoms with Gasteiger partial charge in [0.15, 0.2) is 0 Å². The molecular weight excluding hydrogens is 572 g/mol. The third-order valence-corrected chi connectivity index (χ3v) is 9.19. The molecule has 4 aromatic rings. The molecule has 7 heteroatoms. The summed E-state index contributed by atoms with van der Waals surface area (Å²) in [6.45, 7) is 8.92. The SMILES string of the molecule is C[C@H](c1ccccc1)N(C)C(=O)c1cncc(C(=O)N[C@@H](Cc2ccccc2)[C@H](O)CNC2(c3cccc(C(C)(C)C)c3)CC2)c1. The fourth-order valence-corrected chi connectivity index (χ4v) is 5.84. The largest absolute Gasteiger partial charge is 0.390 e. The molecular formula is C39H46N4O3. The predicted octanol–water partition coefficient (Wildman–Crippen LogP) is 6.19. The molecule has 0 saturated heterocycles. The van der Waals surface area contributed by atoms with E-state index in [2.05, 4.69) is 60.7 Å². The fourth-order valence-electron chi connectivity index (χ4n) is 5.84. The van der Waals surface area contributed by atoms with Gasteiger partial charge < -0.3 is 20.6 Å². The molecule has 5 rings (SSSR count). The van der Waals surface area contributed by atoms with Crippen molar-refractivity contribution in [3.05, 3.63) is 137 Å². The first kappa shape index (κ1) is 33.0. The normalized spacial score (nSPS) is 15.8. The lowest BCUT2D eigenvalue weighted by molar-refractivity contribution is 0.0742. The van der Waals surface area contributed by atoms with Crippen LogP contribution in [0.5, 0.6) is 0 Å². The average Bonchev–Trinajstić information content (AvgIpc) is 3.87. The van der Waals surface area contributed by atoms with Crippen molar-refractivity contribution in [2.24, 2.45) is 0 Å². The number of hydrogen-bond donors (Lipinski definition) is 3. The van der Waals surface area contributed by atoms with Gasteiger partial charge in [0.25, 0.3) is 11.8 Å². The van der Waals surface area contributed by atoms with Crippen LogP contribution in [0.2, 0.25) is 0 Å². The first-order valence-corrected chi connectivity index (χ1v) is 16.1. The number of aromatic nitrogens is 1. The zero-order chi connectivity index (χ0) is 32.9. The number of carbonyl (C=O) groups excluding carboxylic acids is 2. The molecule has 1 heterocycles. The van der Waals surface area contributed by atoms with Crippen molar-refractivity contribution in [2.45, 2.75) is 76.1 Å². The smallest absolute Gasteiger partial charge is 0.255 e. The molecule has 1 saturated carbocycles. The Morgan fingerprint density at radius 3 is 2.22 bits per heavy atom. The van der Waals surface area contributed by atoms with Crippen LogP contribution in [0.15, 0.2) is 103 Å². The molecule has 0 aliphatic heterocycles. The summed E-state index contributed by atoms with van der Waals surface area (Å²) in [4.78, 5) is 32.9. The fraction of sp³-hybridized carbons (Fsp3) is 0.359. The van der Waals surface area contributed by atoms with Crippen LogP contribution < -0.4 is 10.6 Å². The third-order valence-electron chi connectivity index (χ3n) is 9.19. The van der Waals surface area contributed by atoms with Gasteiger partial charge in [-0.2, -0.15) is 0 Å². The number of benzene rings is 3. The first-order valence-electron chi connectivity index (χ1n) is 16.1. The monoisotopic (exact) mass is 618 g/mol. The second-order valence-electron chi connectivity index (χ2n) is 13.6. The summed E-state index contributed by atoms with van der Waals surface area (Å²) in [5, 5.41) is 18.2. The lowest BCUT2D eigenvalue weighted by Gasteiger charge is -2.28. The minimum absolute atomic E-state index is 0.0446. The molecule has 0 spiro atoms. The van der Waals surface area contributed by atoms with Crippen molar-refractivity contribution in [2.75, 3.05) is 13.6 Å². The average molecular weight is 619 g/mol. The van der Waals surface area contributed by atoms with Gasteiger partial charge >= 0.3 is 0 Å². The molecule has 3 atom stereocenters. The van der Waals surface area contributed by atoms with Crippen molar-refractivity contribution in [1.82, 2.24) is 20.5 Å². The third kappa shape index (κ3) is 7.90. The summed E-state index contributed by atoms with van der Waals surface area (Å²) in [6.07, 6.45) is 4.52. The van der Waals surface area contributed by atoms with E-state index in [-0.39, 0.29) is 34.4 Å². The minimum atomic E-state index is -0.858. The summed E-state index contributed by atoms with van der Waals surface area (Å²) in [5.41, 5.74) is 4.99. The quantitative estimate of drug-likeness (QED) is 0.176. The van der Waals surface area contributed by atoms with Crippen LogP contribution in [0, 0.1) is 0 Å². The molecule has 46 heavy (non-hydrogen) atoms. The number of hydrogen-bond acceptors (Lipinski definition) is 5. The maximum absolute atomic E-state index is 13.6. The number of nitrogens with zero attached hydrogens (tertiary/aromatic N) is 2. The molecule has 2 amide bonds. The highest BCUT2D eigenvalue weighted by Crippen LogP contribution is 2.46. The van der Waals surface area contributed by atoms with Gasteiger partial charge in [-0.25, -0.2) is 0 Å². The van der Waals surface area contributed by atoms with Crippen LogP contribution in [0.1, 0.15) is 89.5 Å². The maximum Gasteiger partial charge on any atom is 0.255 e. The number of amides is 2. The maximum atomic E-state index is 13.6. The zero-order valence-corrected chi connectivity index (χ0v) is 27.5. The second kappa shape index (κ2) is 14.0. The Kier molecular flexibility index (Phi) is 10.0. The number of aliphatic hydroxyl groups excluding tert-OH is 1. The lowest BCUT2D eigenvalue weighted by atomic mass is 9.85. The molecule has 1 aliphatic carbocycles. The Morgan fingerprint density at radius 1 is 0.913 bits per heavy atom. The summed E-state index contributed by atoms with van der Waals surface area (Å²) in [5.74, 6) is -0.617. The standard InChI is InChI=1S/C39H46N4O3/c1-27(29-15-10-7-11-16-29)43(5)37(46)31-22-30(24-40-25-31)36(45)42-34(21-28-13-8-6-9-14-28)35(44)26-41-39(19-20-39)33-18-12-17-32(23-33)38(2,3)4/h6-18,22-25,27,34-35,41,44H,19-21,26H2,1-5H3,(H,42,45)/t27-,34+,35-/m1/s1. The summed E-state index contributed by atoms with van der Waals surface area (Å²) < 4.78 is 0. The van der Waals surface area contributed by atoms with Crippen LogP contribution in [-0.2, 0) is 17.4 Å². The van der Waals surface area contributed by atoms with E-state index in [1.165, 1.54) is 23.5 Å². The summed E-state index contributed by atoms with van der Waals surface area (Å²) >= 11 is 0. The molecule has 240 valence electrons. The molecule has 0 bridgehead atoms. The van der Waals surface area contributed by atoms with E-state index in [1.54, 1.807) is 18.0 Å². The lowest BCUT2D eigenvalue weighted by Crippen LogP contribution is -2.50.